The third-order valence-electron chi connectivity index (χ3n) is 2.67. The zero-order chi connectivity index (χ0) is 10.3. The van der Waals surface area contributed by atoms with E-state index < -0.39 is 0 Å². The normalized spacial score (nSPS) is 16.6. The Morgan fingerprint density at radius 3 is 2.50 bits per heavy atom. The van der Waals surface area contributed by atoms with Gasteiger partial charge in [0.2, 0.25) is 11.7 Å². The number of nitrogens with two attached hydrogens (primary N) is 1. The van der Waals surface area contributed by atoms with Crippen LogP contribution in [0, 0.1) is 0 Å². The summed E-state index contributed by atoms with van der Waals surface area (Å²) < 4.78 is 5.16. The van der Waals surface area contributed by atoms with Crippen LogP contribution in [0.25, 0.3) is 11.4 Å². The number of nitrogens with zero attached hydrogens (tertiary/aromatic N) is 2. The SMILES string of the molecule is Cl.NC1(c2nc(-c3ccccc3)no2)CC1. The van der Waals surface area contributed by atoms with Gasteiger partial charge in [-0.2, -0.15) is 4.98 Å². The summed E-state index contributed by atoms with van der Waals surface area (Å²) in [5.41, 5.74) is 6.57. The molecule has 0 unspecified atom stereocenters. The first kappa shape index (κ1) is 11.1. The molecule has 1 aromatic heterocycles. The van der Waals surface area contributed by atoms with E-state index in [0.29, 0.717) is 11.7 Å². The molecule has 0 spiro atoms. The van der Waals surface area contributed by atoms with Crippen LogP contribution >= 0.6 is 12.4 Å². The summed E-state index contributed by atoms with van der Waals surface area (Å²) in [5.74, 6) is 1.17. The van der Waals surface area contributed by atoms with Gasteiger partial charge in [-0.3, -0.25) is 0 Å². The number of hydrogen-bond acceptors (Lipinski definition) is 4. The minimum atomic E-state index is -0.347. The molecule has 84 valence electrons. The summed E-state index contributed by atoms with van der Waals surface area (Å²) in [7, 11) is 0. The highest BCUT2D eigenvalue weighted by Gasteiger charge is 2.45. The van der Waals surface area contributed by atoms with Crippen LogP contribution in [0.5, 0.6) is 0 Å². The van der Waals surface area contributed by atoms with Crippen molar-refractivity contribution in [1.29, 1.82) is 0 Å². The van der Waals surface area contributed by atoms with Crippen LogP contribution in [-0.2, 0) is 5.54 Å². The lowest BCUT2D eigenvalue weighted by Crippen LogP contribution is -2.18. The molecule has 4 nitrogen and oxygen atoms in total. The minimum absolute atomic E-state index is 0. The summed E-state index contributed by atoms with van der Waals surface area (Å²) in [4.78, 5) is 4.31. The van der Waals surface area contributed by atoms with Gasteiger partial charge in [0.05, 0.1) is 5.54 Å². The first-order valence-electron chi connectivity index (χ1n) is 4.96. The maximum Gasteiger partial charge on any atom is 0.247 e. The van der Waals surface area contributed by atoms with Crippen LogP contribution in [-0.4, -0.2) is 10.1 Å². The lowest BCUT2D eigenvalue weighted by molar-refractivity contribution is 0.348. The molecule has 16 heavy (non-hydrogen) atoms. The van der Waals surface area contributed by atoms with E-state index in [4.69, 9.17) is 10.3 Å². The van der Waals surface area contributed by atoms with Crippen molar-refractivity contribution in [1.82, 2.24) is 10.1 Å². The Morgan fingerprint density at radius 2 is 1.88 bits per heavy atom. The molecule has 1 aromatic carbocycles. The van der Waals surface area contributed by atoms with Crippen molar-refractivity contribution in [2.24, 2.45) is 5.73 Å². The van der Waals surface area contributed by atoms with Gasteiger partial charge in [0.1, 0.15) is 0 Å². The van der Waals surface area contributed by atoms with Crippen molar-refractivity contribution in [2.75, 3.05) is 0 Å². The smallest absolute Gasteiger partial charge is 0.247 e. The van der Waals surface area contributed by atoms with E-state index in [1.54, 1.807) is 0 Å². The Kier molecular flexibility index (Phi) is 2.69. The summed E-state index contributed by atoms with van der Waals surface area (Å²) in [6.07, 6.45) is 1.87. The maximum absolute atomic E-state index is 5.96. The van der Waals surface area contributed by atoms with Gasteiger partial charge in [-0.05, 0) is 12.8 Å². The van der Waals surface area contributed by atoms with Crippen molar-refractivity contribution >= 4 is 12.4 Å². The second-order valence-electron chi connectivity index (χ2n) is 3.95. The van der Waals surface area contributed by atoms with Crippen LogP contribution in [0.15, 0.2) is 34.9 Å². The highest BCUT2D eigenvalue weighted by Crippen LogP contribution is 2.42. The van der Waals surface area contributed by atoms with E-state index in [1.807, 2.05) is 30.3 Å². The van der Waals surface area contributed by atoms with Gasteiger partial charge in [0, 0.05) is 5.56 Å². The molecule has 0 saturated heterocycles. The second-order valence-corrected chi connectivity index (χ2v) is 3.95. The fourth-order valence-corrected chi connectivity index (χ4v) is 1.48. The van der Waals surface area contributed by atoms with Gasteiger partial charge in [-0.25, -0.2) is 0 Å². The van der Waals surface area contributed by atoms with Crippen LogP contribution in [0.1, 0.15) is 18.7 Å². The number of hydrogen-bond donors (Lipinski definition) is 1. The molecular weight excluding hydrogens is 226 g/mol. The van der Waals surface area contributed by atoms with Crippen molar-refractivity contribution in [3.05, 3.63) is 36.2 Å². The van der Waals surface area contributed by atoms with Gasteiger partial charge in [0.25, 0.3) is 0 Å². The van der Waals surface area contributed by atoms with E-state index in [9.17, 15) is 0 Å². The molecule has 0 bridgehead atoms. The lowest BCUT2D eigenvalue weighted by Gasteiger charge is -1.97. The van der Waals surface area contributed by atoms with E-state index in [0.717, 1.165) is 18.4 Å². The van der Waals surface area contributed by atoms with Crippen LogP contribution in [0.3, 0.4) is 0 Å². The third-order valence-corrected chi connectivity index (χ3v) is 2.67. The second kappa shape index (κ2) is 3.88. The molecule has 1 fully saturated rings. The van der Waals surface area contributed by atoms with Gasteiger partial charge in [-0.1, -0.05) is 35.5 Å². The van der Waals surface area contributed by atoms with Crippen molar-refractivity contribution in [2.45, 2.75) is 18.4 Å². The van der Waals surface area contributed by atoms with E-state index in [1.165, 1.54) is 0 Å². The minimum Gasteiger partial charge on any atom is -0.337 e. The number of benzene rings is 1. The largest absolute Gasteiger partial charge is 0.337 e. The molecule has 1 heterocycles. The van der Waals surface area contributed by atoms with Crippen LogP contribution in [0.2, 0.25) is 0 Å². The number of rotatable bonds is 2. The van der Waals surface area contributed by atoms with Crippen molar-refractivity contribution in [3.63, 3.8) is 0 Å². The summed E-state index contributed by atoms with van der Waals surface area (Å²) in [5, 5.41) is 3.93. The number of halogens is 1. The van der Waals surface area contributed by atoms with E-state index in [-0.39, 0.29) is 17.9 Å². The molecule has 0 atom stereocenters. The van der Waals surface area contributed by atoms with E-state index in [2.05, 4.69) is 10.1 Å². The molecule has 1 aliphatic rings. The summed E-state index contributed by atoms with van der Waals surface area (Å²) in [6, 6.07) is 9.74. The standard InChI is InChI=1S/C11H11N3O.ClH/c12-11(6-7-11)10-13-9(14-15-10)8-4-2-1-3-5-8;/h1-5H,6-7,12H2;1H. The molecule has 0 amide bonds. The van der Waals surface area contributed by atoms with Crippen LogP contribution < -0.4 is 5.73 Å². The zero-order valence-electron chi connectivity index (χ0n) is 8.59. The lowest BCUT2D eigenvalue weighted by atomic mass is 10.2. The fourth-order valence-electron chi connectivity index (χ4n) is 1.48. The molecule has 1 saturated carbocycles. The Hall–Kier alpha value is -1.39. The Bertz CT molecular complexity index is 479. The quantitative estimate of drug-likeness (QED) is 0.869. The summed E-state index contributed by atoms with van der Waals surface area (Å²) >= 11 is 0. The number of aromatic nitrogens is 2. The molecule has 0 radical (unpaired) electrons. The maximum atomic E-state index is 5.96. The molecule has 0 aliphatic heterocycles. The molecule has 5 heteroatoms. The van der Waals surface area contributed by atoms with Crippen LogP contribution in [0.4, 0.5) is 0 Å². The zero-order valence-corrected chi connectivity index (χ0v) is 9.41. The molecule has 1 aliphatic carbocycles. The predicted molar refractivity (Wildman–Crippen MR) is 62.1 cm³/mol. The highest BCUT2D eigenvalue weighted by atomic mass is 35.5. The van der Waals surface area contributed by atoms with Gasteiger partial charge < -0.3 is 10.3 Å². The monoisotopic (exact) mass is 237 g/mol. The first-order valence-corrected chi connectivity index (χ1v) is 4.96. The molecule has 3 rings (SSSR count). The predicted octanol–water partition coefficient (Wildman–Crippen LogP) is 2.11. The Balaban J connectivity index is 0.000000963. The highest BCUT2D eigenvalue weighted by molar-refractivity contribution is 5.85. The topological polar surface area (TPSA) is 64.9 Å². The Morgan fingerprint density at radius 1 is 1.19 bits per heavy atom. The van der Waals surface area contributed by atoms with E-state index >= 15 is 0 Å². The molecule has 2 aromatic rings. The van der Waals surface area contributed by atoms with Gasteiger partial charge in [-0.15, -0.1) is 12.4 Å². The fraction of sp³-hybridized carbons (Fsp3) is 0.273. The molecular formula is C11H12ClN3O. The Labute approximate surface area is 99.3 Å². The van der Waals surface area contributed by atoms with Crippen molar-refractivity contribution in [3.8, 4) is 11.4 Å². The van der Waals surface area contributed by atoms with Gasteiger partial charge >= 0.3 is 0 Å². The van der Waals surface area contributed by atoms with Crippen molar-refractivity contribution < 1.29 is 4.52 Å². The molecule has 2 N–H and O–H groups in total. The third kappa shape index (κ3) is 1.81. The summed E-state index contributed by atoms with van der Waals surface area (Å²) in [6.45, 7) is 0. The first-order chi connectivity index (χ1) is 7.28. The average molecular weight is 238 g/mol. The average Bonchev–Trinajstić information content (AvgIpc) is 2.85. The van der Waals surface area contributed by atoms with Gasteiger partial charge in [0.15, 0.2) is 0 Å².